The molecular weight excluding hydrogens is 460 g/mol. The monoisotopic (exact) mass is 486 g/mol. The molecule has 3 aromatic carbocycles. The Bertz CT molecular complexity index is 1260. The minimum Gasteiger partial charge on any atom is -0.482 e. The fourth-order valence-corrected chi connectivity index (χ4v) is 4.53. The van der Waals surface area contributed by atoms with Crippen molar-refractivity contribution in [2.45, 2.75) is 26.7 Å². The highest BCUT2D eigenvalue weighted by molar-refractivity contribution is 8.19. The normalized spacial score (nSPS) is 15.7. The molecule has 4 rings (SSSR count). The van der Waals surface area contributed by atoms with Gasteiger partial charge in [0, 0.05) is 0 Å². The molecule has 0 atom stereocenters. The highest BCUT2D eigenvalue weighted by Gasteiger charge is 2.34. The number of thioether (sulfide) groups is 1. The van der Waals surface area contributed by atoms with E-state index in [1.165, 1.54) is 22.9 Å². The number of aliphatic carboxylic acids is 1. The van der Waals surface area contributed by atoms with E-state index in [1.807, 2.05) is 54.6 Å². The molecule has 178 valence electrons. The van der Waals surface area contributed by atoms with Gasteiger partial charge in [0.05, 0.1) is 16.3 Å². The molecule has 1 aliphatic heterocycles. The van der Waals surface area contributed by atoms with E-state index in [-0.39, 0.29) is 5.91 Å². The van der Waals surface area contributed by atoms with Crippen LogP contribution in [0.4, 0.5) is 11.4 Å². The Labute approximate surface area is 209 Å². The maximum absolute atomic E-state index is 13.5. The van der Waals surface area contributed by atoms with Crippen LogP contribution in [0, 0.1) is 0 Å². The van der Waals surface area contributed by atoms with E-state index >= 15 is 0 Å². The van der Waals surface area contributed by atoms with E-state index in [0.717, 1.165) is 29.8 Å². The summed E-state index contributed by atoms with van der Waals surface area (Å²) in [6.07, 6.45) is 3.68. The molecular formula is C28H26N2O4S. The van der Waals surface area contributed by atoms with Gasteiger partial charge in [-0.05, 0) is 83.8 Å². The number of benzene rings is 3. The quantitative estimate of drug-likeness (QED) is 0.390. The van der Waals surface area contributed by atoms with Gasteiger partial charge in [-0.25, -0.2) is 9.79 Å². The molecule has 1 fully saturated rings. The first kappa shape index (κ1) is 24.3. The second-order valence-electron chi connectivity index (χ2n) is 7.94. The molecule has 0 aliphatic carbocycles. The number of amidine groups is 1. The molecule has 7 heteroatoms. The van der Waals surface area contributed by atoms with Gasteiger partial charge in [0.15, 0.2) is 11.8 Å². The largest absolute Gasteiger partial charge is 0.482 e. The lowest BCUT2D eigenvalue weighted by atomic mass is 10.1. The number of carbonyl (C=O) groups excluding carboxylic acids is 1. The molecule has 0 spiro atoms. The molecule has 0 radical (unpaired) electrons. The average molecular weight is 487 g/mol. The Hall–Kier alpha value is -3.84. The zero-order valence-corrected chi connectivity index (χ0v) is 20.4. The summed E-state index contributed by atoms with van der Waals surface area (Å²) in [4.78, 5) is 31.2. The summed E-state index contributed by atoms with van der Waals surface area (Å²) in [7, 11) is 0. The molecule has 3 aromatic rings. The first-order valence-electron chi connectivity index (χ1n) is 11.4. The number of carboxylic acid groups (broad SMARTS) is 1. The zero-order chi connectivity index (χ0) is 24.8. The van der Waals surface area contributed by atoms with Gasteiger partial charge in [0.25, 0.3) is 5.91 Å². The van der Waals surface area contributed by atoms with E-state index in [0.29, 0.717) is 15.8 Å². The van der Waals surface area contributed by atoms with Crippen molar-refractivity contribution < 1.29 is 19.4 Å². The van der Waals surface area contributed by atoms with Crippen molar-refractivity contribution >= 4 is 46.3 Å². The van der Waals surface area contributed by atoms with Gasteiger partial charge >= 0.3 is 5.97 Å². The lowest BCUT2D eigenvalue weighted by Gasteiger charge is -2.16. The van der Waals surface area contributed by atoms with Crippen LogP contribution in [0.25, 0.3) is 6.08 Å². The molecule has 1 heterocycles. The van der Waals surface area contributed by atoms with Crippen molar-refractivity contribution in [3.63, 3.8) is 0 Å². The summed E-state index contributed by atoms with van der Waals surface area (Å²) in [5.74, 6) is -0.725. The molecule has 0 saturated carbocycles. The first-order chi connectivity index (χ1) is 17.0. The summed E-state index contributed by atoms with van der Waals surface area (Å²) < 4.78 is 5.19. The summed E-state index contributed by atoms with van der Waals surface area (Å²) in [6.45, 7) is 3.80. The number of rotatable bonds is 8. The molecule has 1 amide bonds. The fraction of sp³-hybridized carbons (Fsp3) is 0.179. The first-order valence-corrected chi connectivity index (χ1v) is 12.2. The van der Waals surface area contributed by atoms with Crippen LogP contribution in [0.1, 0.15) is 30.5 Å². The van der Waals surface area contributed by atoms with Crippen molar-refractivity contribution in [3.8, 4) is 5.75 Å². The minimum atomic E-state index is -1.03. The number of hydrogen-bond acceptors (Lipinski definition) is 5. The molecule has 0 aromatic heterocycles. The Balaban J connectivity index is 1.65. The number of nitrogens with zero attached hydrogens (tertiary/aromatic N) is 2. The van der Waals surface area contributed by atoms with Gasteiger partial charge in [-0.2, -0.15) is 0 Å². The van der Waals surface area contributed by atoms with Crippen LogP contribution in [0.5, 0.6) is 5.75 Å². The minimum absolute atomic E-state index is 0.144. The van der Waals surface area contributed by atoms with E-state index in [4.69, 9.17) is 14.8 Å². The molecule has 1 N–H and O–H groups in total. The van der Waals surface area contributed by atoms with Gasteiger partial charge in [-0.3, -0.25) is 9.69 Å². The lowest BCUT2D eigenvalue weighted by Crippen LogP contribution is -2.28. The predicted octanol–water partition coefficient (Wildman–Crippen LogP) is 6.08. The van der Waals surface area contributed by atoms with Gasteiger partial charge in [-0.15, -0.1) is 0 Å². The Kier molecular flexibility index (Phi) is 7.67. The summed E-state index contributed by atoms with van der Waals surface area (Å²) in [6, 6.07) is 22.9. The van der Waals surface area contributed by atoms with Crippen LogP contribution in [0.3, 0.4) is 0 Å². The molecule has 35 heavy (non-hydrogen) atoms. The van der Waals surface area contributed by atoms with Crippen LogP contribution in [0.2, 0.25) is 0 Å². The van der Waals surface area contributed by atoms with Crippen LogP contribution < -0.4 is 9.64 Å². The Morgan fingerprint density at radius 3 is 2.11 bits per heavy atom. The second-order valence-corrected chi connectivity index (χ2v) is 8.95. The summed E-state index contributed by atoms with van der Waals surface area (Å²) in [5.41, 5.74) is 4.78. The Morgan fingerprint density at radius 1 is 0.943 bits per heavy atom. The van der Waals surface area contributed by atoms with Crippen molar-refractivity contribution in [2.24, 2.45) is 4.99 Å². The number of aryl methyl sites for hydroxylation is 2. The number of anilines is 1. The van der Waals surface area contributed by atoms with Crippen molar-refractivity contribution in [1.82, 2.24) is 0 Å². The third-order valence-electron chi connectivity index (χ3n) is 5.52. The molecule has 6 nitrogen and oxygen atoms in total. The standard InChI is InChI=1S/C28H26N2O4S/c1-3-19-5-11-22(12-6-19)29-28-30(23-13-7-20(4-2)8-14-23)27(33)25(35-28)17-21-9-15-24(16-10-21)34-18-26(31)32/h5-17H,3-4,18H2,1-2H3,(H,31,32)/b25-17-,29-28?. The maximum atomic E-state index is 13.5. The van der Waals surface area contributed by atoms with Crippen molar-refractivity contribution in [2.75, 3.05) is 11.5 Å². The van der Waals surface area contributed by atoms with E-state index < -0.39 is 12.6 Å². The highest BCUT2D eigenvalue weighted by Crippen LogP contribution is 2.37. The van der Waals surface area contributed by atoms with Gasteiger partial charge in [0.1, 0.15) is 5.75 Å². The molecule has 0 unspecified atom stereocenters. The van der Waals surface area contributed by atoms with E-state index in [2.05, 4.69) is 13.8 Å². The number of aliphatic imine (C=N–C) groups is 1. The van der Waals surface area contributed by atoms with Crippen molar-refractivity contribution in [3.05, 3.63) is 94.4 Å². The zero-order valence-electron chi connectivity index (χ0n) is 19.6. The van der Waals surface area contributed by atoms with E-state index in [9.17, 15) is 9.59 Å². The van der Waals surface area contributed by atoms with E-state index in [1.54, 1.807) is 29.2 Å². The molecule has 1 saturated heterocycles. The molecule has 0 bridgehead atoms. The maximum Gasteiger partial charge on any atom is 0.341 e. The second kappa shape index (κ2) is 11.1. The summed E-state index contributed by atoms with van der Waals surface area (Å²) >= 11 is 1.33. The van der Waals surface area contributed by atoms with Crippen LogP contribution in [-0.2, 0) is 22.4 Å². The third-order valence-corrected chi connectivity index (χ3v) is 6.49. The Morgan fingerprint density at radius 2 is 1.54 bits per heavy atom. The van der Waals surface area contributed by atoms with Gasteiger partial charge in [-0.1, -0.05) is 50.2 Å². The smallest absolute Gasteiger partial charge is 0.341 e. The van der Waals surface area contributed by atoms with Crippen LogP contribution in [0.15, 0.2) is 82.7 Å². The van der Waals surface area contributed by atoms with Gasteiger partial charge in [0.2, 0.25) is 0 Å². The lowest BCUT2D eigenvalue weighted by molar-refractivity contribution is -0.139. The number of carbonyl (C=O) groups is 2. The van der Waals surface area contributed by atoms with Gasteiger partial charge < -0.3 is 9.84 Å². The number of amides is 1. The fourth-order valence-electron chi connectivity index (χ4n) is 3.53. The predicted molar refractivity (Wildman–Crippen MR) is 141 cm³/mol. The number of hydrogen-bond donors (Lipinski definition) is 1. The topological polar surface area (TPSA) is 79.2 Å². The molecule has 1 aliphatic rings. The average Bonchev–Trinajstić information content (AvgIpc) is 3.18. The third kappa shape index (κ3) is 6.00. The van der Waals surface area contributed by atoms with Crippen LogP contribution in [-0.4, -0.2) is 28.8 Å². The SMILES string of the molecule is CCc1ccc(N=C2S/C(=C\c3ccc(OCC(=O)O)cc3)C(=O)N2c2ccc(CC)cc2)cc1. The van der Waals surface area contributed by atoms with Crippen LogP contribution >= 0.6 is 11.8 Å². The summed E-state index contributed by atoms with van der Waals surface area (Å²) in [5, 5.41) is 9.36. The van der Waals surface area contributed by atoms with Crippen molar-refractivity contribution in [1.29, 1.82) is 0 Å². The highest BCUT2D eigenvalue weighted by atomic mass is 32.2. The number of carboxylic acids is 1. The number of ether oxygens (including phenoxy) is 1.